The molecule has 0 aliphatic heterocycles. The van der Waals surface area contributed by atoms with E-state index in [1.807, 2.05) is 6.08 Å². The lowest BCUT2D eigenvalue weighted by Crippen LogP contribution is -2.20. The first kappa shape index (κ1) is 14.4. The minimum atomic E-state index is -3.66. The highest BCUT2D eigenvalue weighted by Gasteiger charge is 2.06. The van der Waals surface area contributed by atoms with Crippen LogP contribution in [0.4, 0.5) is 0 Å². The van der Waals surface area contributed by atoms with Crippen LogP contribution < -0.4 is 10.5 Å². The number of amides is 1. The van der Waals surface area contributed by atoms with Gasteiger partial charge in [-0.05, 0) is 24.1 Å². The van der Waals surface area contributed by atoms with Crippen molar-refractivity contribution in [3.63, 3.8) is 0 Å². The molecule has 0 fully saturated rings. The van der Waals surface area contributed by atoms with Crippen LogP contribution in [-0.2, 0) is 14.8 Å². The Hall–Kier alpha value is -1.66. The van der Waals surface area contributed by atoms with Gasteiger partial charge in [0.05, 0.1) is 4.90 Å². The molecule has 0 atom stereocenters. The number of nitrogens with two attached hydrogens (primary N) is 1. The van der Waals surface area contributed by atoms with E-state index in [1.54, 1.807) is 18.2 Å². The molecule has 0 aromatic heterocycles. The molecule has 0 saturated carbocycles. The summed E-state index contributed by atoms with van der Waals surface area (Å²) in [5.74, 6) is -0.0698. The Bertz CT molecular complexity index is 550. The summed E-state index contributed by atoms with van der Waals surface area (Å²) in [6, 6.07) is 6.37. The Morgan fingerprint density at radius 1 is 1.44 bits per heavy atom. The zero-order valence-corrected chi connectivity index (χ0v) is 10.9. The predicted octanol–water partition coefficient (Wildman–Crippen LogP) is 0.873. The highest BCUT2D eigenvalue weighted by Crippen LogP contribution is 2.11. The molecule has 3 N–H and O–H groups in total. The van der Waals surface area contributed by atoms with Gasteiger partial charge in [-0.25, -0.2) is 13.6 Å². The molecule has 0 spiro atoms. The Morgan fingerprint density at radius 2 is 2.17 bits per heavy atom. The van der Waals surface area contributed by atoms with Gasteiger partial charge in [0.2, 0.25) is 15.9 Å². The molecular weight excluding hydrogens is 252 g/mol. The van der Waals surface area contributed by atoms with E-state index < -0.39 is 10.0 Å². The highest BCUT2D eigenvalue weighted by molar-refractivity contribution is 7.89. The second-order valence-electron chi connectivity index (χ2n) is 3.79. The van der Waals surface area contributed by atoms with E-state index in [4.69, 9.17) is 5.14 Å². The number of hydrogen-bond donors (Lipinski definition) is 2. The largest absolute Gasteiger partial charge is 0.356 e. The Morgan fingerprint density at radius 3 is 2.78 bits per heavy atom. The topological polar surface area (TPSA) is 89.3 Å². The molecule has 1 amide bonds. The first-order valence-corrected chi connectivity index (χ1v) is 6.98. The van der Waals surface area contributed by atoms with E-state index in [-0.39, 0.29) is 10.8 Å². The zero-order chi connectivity index (χ0) is 13.6. The molecule has 1 aromatic carbocycles. The Kier molecular flexibility index (Phi) is 5.06. The van der Waals surface area contributed by atoms with Crippen LogP contribution in [0, 0.1) is 0 Å². The van der Waals surface area contributed by atoms with Crippen molar-refractivity contribution in [1.29, 1.82) is 0 Å². The van der Waals surface area contributed by atoms with Gasteiger partial charge < -0.3 is 5.32 Å². The van der Waals surface area contributed by atoms with Gasteiger partial charge in [0.1, 0.15) is 0 Å². The molecule has 0 radical (unpaired) electrons. The molecule has 0 unspecified atom stereocenters. The van der Waals surface area contributed by atoms with Crippen molar-refractivity contribution in [3.8, 4) is 0 Å². The third-order valence-corrected chi connectivity index (χ3v) is 3.09. The van der Waals surface area contributed by atoms with Gasteiger partial charge >= 0.3 is 0 Å². The number of sulfonamides is 1. The molecule has 0 saturated heterocycles. The monoisotopic (exact) mass is 268 g/mol. The maximum absolute atomic E-state index is 11.1. The van der Waals surface area contributed by atoms with Crippen molar-refractivity contribution in [2.24, 2.45) is 5.14 Å². The summed E-state index contributed by atoms with van der Waals surface area (Å²) < 4.78 is 22.3. The second kappa shape index (κ2) is 6.32. The number of primary sulfonamides is 1. The van der Waals surface area contributed by atoms with Crippen molar-refractivity contribution in [2.45, 2.75) is 18.2 Å². The van der Waals surface area contributed by atoms with Crippen LogP contribution in [0.1, 0.15) is 18.9 Å². The summed E-state index contributed by atoms with van der Waals surface area (Å²) in [7, 11) is -3.66. The van der Waals surface area contributed by atoms with Crippen LogP contribution in [0.2, 0.25) is 0 Å². The van der Waals surface area contributed by atoms with Gasteiger partial charge in [-0.1, -0.05) is 24.3 Å². The molecule has 1 rings (SSSR count). The SMILES string of the molecule is CC(=O)NCCC=Cc1cccc(S(N)(=O)=O)c1. The summed E-state index contributed by atoms with van der Waals surface area (Å²) in [6.07, 6.45) is 4.33. The van der Waals surface area contributed by atoms with Gasteiger partial charge in [0.15, 0.2) is 0 Å². The van der Waals surface area contributed by atoms with E-state index in [9.17, 15) is 13.2 Å². The molecule has 0 aliphatic carbocycles. The lowest BCUT2D eigenvalue weighted by molar-refractivity contribution is -0.118. The van der Waals surface area contributed by atoms with Gasteiger partial charge in [-0.3, -0.25) is 4.79 Å². The van der Waals surface area contributed by atoms with Crippen LogP contribution in [0.5, 0.6) is 0 Å². The van der Waals surface area contributed by atoms with Crippen LogP contribution in [0.3, 0.4) is 0 Å². The molecule has 18 heavy (non-hydrogen) atoms. The molecule has 0 bridgehead atoms. The molecule has 0 aliphatic rings. The van der Waals surface area contributed by atoms with Crippen LogP contribution in [-0.4, -0.2) is 20.9 Å². The number of carbonyl (C=O) groups is 1. The summed E-state index contributed by atoms with van der Waals surface area (Å²) in [4.78, 5) is 10.7. The standard InChI is InChI=1S/C12H16N2O3S/c1-10(15)14-8-3-2-5-11-6-4-7-12(9-11)18(13,16)17/h2,4-7,9H,3,8H2,1H3,(H,14,15)(H2,13,16,17). The number of nitrogens with one attached hydrogen (secondary N) is 1. The van der Waals surface area contributed by atoms with Crippen LogP contribution in [0.25, 0.3) is 6.08 Å². The maximum atomic E-state index is 11.1. The minimum absolute atomic E-state index is 0.0698. The first-order chi connectivity index (χ1) is 8.39. The number of benzene rings is 1. The van der Waals surface area contributed by atoms with Crippen LogP contribution in [0.15, 0.2) is 35.2 Å². The quantitative estimate of drug-likeness (QED) is 0.777. The fourth-order valence-corrected chi connectivity index (χ4v) is 1.91. The van der Waals surface area contributed by atoms with Crippen molar-refractivity contribution >= 4 is 22.0 Å². The third kappa shape index (κ3) is 5.11. The van der Waals surface area contributed by atoms with E-state index >= 15 is 0 Å². The molecule has 0 heterocycles. The fraction of sp³-hybridized carbons (Fsp3) is 0.250. The molecule has 5 nitrogen and oxygen atoms in total. The number of carbonyl (C=O) groups excluding carboxylic acids is 1. The number of hydrogen-bond acceptors (Lipinski definition) is 3. The highest BCUT2D eigenvalue weighted by atomic mass is 32.2. The van der Waals surface area contributed by atoms with Crippen molar-refractivity contribution in [3.05, 3.63) is 35.9 Å². The molecule has 98 valence electrons. The van der Waals surface area contributed by atoms with Crippen molar-refractivity contribution < 1.29 is 13.2 Å². The minimum Gasteiger partial charge on any atom is -0.356 e. The maximum Gasteiger partial charge on any atom is 0.238 e. The smallest absolute Gasteiger partial charge is 0.238 e. The molecular formula is C12H16N2O3S. The lowest BCUT2D eigenvalue weighted by atomic mass is 10.2. The summed E-state index contributed by atoms with van der Waals surface area (Å²) >= 11 is 0. The Balaban J connectivity index is 2.63. The summed E-state index contributed by atoms with van der Waals surface area (Å²) in [6.45, 7) is 2.01. The Labute approximate surface area is 107 Å². The van der Waals surface area contributed by atoms with Gasteiger partial charge in [0.25, 0.3) is 0 Å². The average Bonchev–Trinajstić information content (AvgIpc) is 2.27. The number of rotatable bonds is 5. The second-order valence-corrected chi connectivity index (χ2v) is 5.35. The lowest BCUT2D eigenvalue weighted by Gasteiger charge is -2.00. The van der Waals surface area contributed by atoms with Crippen LogP contribution >= 0.6 is 0 Å². The van der Waals surface area contributed by atoms with Gasteiger partial charge in [0, 0.05) is 13.5 Å². The van der Waals surface area contributed by atoms with Crippen molar-refractivity contribution in [2.75, 3.05) is 6.54 Å². The van der Waals surface area contributed by atoms with Gasteiger partial charge in [-0.2, -0.15) is 0 Å². The molecule has 6 heteroatoms. The zero-order valence-electron chi connectivity index (χ0n) is 10.1. The average molecular weight is 268 g/mol. The summed E-state index contributed by atoms with van der Waals surface area (Å²) in [5.41, 5.74) is 0.754. The predicted molar refractivity (Wildman–Crippen MR) is 70.1 cm³/mol. The van der Waals surface area contributed by atoms with E-state index in [0.29, 0.717) is 13.0 Å². The normalized spacial score (nSPS) is 11.7. The van der Waals surface area contributed by atoms with E-state index in [2.05, 4.69) is 5.32 Å². The third-order valence-electron chi connectivity index (χ3n) is 2.18. The van der Waals surface area contributed by atoms with Gasteiger partial charge in [-0.15, -0.1) is 0 Å². The molecule has 1 aromatic rings. The van der Waals surface area contributed by atoms with E-state index in [0.717, 1.165) is 5.56 Å². The summed E-state index contributed by atoms with van der Waals surface area (Å²) in [5, 5.41) is 7.70. The van der Waals surface area contributed by atoms with E-state index in [1.165, 1.54) is 19.1 Å². The van der Waals surface area contributed by atoms with Crippen molar-refractivity contribution in [1.82, 2.24) is 5.32 Å². The first-order valence-electron chi connectivity index (χ1n) is 5.43. The fourth-order valence-electron chi connectivity index (χ4n) is 1.35.